The lowest BCUT2D eigenvalue weighted by atomic mass is 10.1. The molecule has 0 fully saturated rings. The van der Waals surface area contributed by atoms with Crippen LogP contribution in [0.5, 0.6) is 11.5 Å². The summed E-state index contributed by atoms with van der Waals surface area (Å²) >= 11 is 0. The molecule has 3 rings (SSSR count). The standard InChI is InChI=1S/C23H25N3O7/c1-4-32-20(27)14-26(12-16-5-6-17(30-2)11-19(16)31-3)13-18-21(15-7-9-24-10-8-15)25-33-22(18)23(28)29/h5-11H,4,12-14H2,1-3H3,(H,28,29). The number of hydrogen-bond donors (Lipinski definition) is 1. The van der Waals surface area contributed by atoms with E-state index in [9.17, 15) is 14.7 Å². The van der Waals surface area contributed by atoms with Gasteiger partial charge in [0.05, 0.1) is 27.4 Å². The zero-order valence-electron chi connectivity index (χ0n) is 18.6. The molecule has 1 N–H and O–H groups in total. The summed E-state index contributed by atoms with van der Waals surface area (Å²) in [7, 11) is 3.10. The van der Waals surface area contributed by atoms with E-state index in [2.05, 4.69) is 10.1 Å². The van der Waals surface area contributed by atoms with Crippen molar-refractivity contribution >= 4 is 11.9 Å². The van der Waals surface area contributed by atoms with E-state index >= 15 is 0 Å². The quantitative estimate of drug-likeness (QED) is 0.431. The Bertz CT molecular complexity index is 1100. The lowest BCUT2D eigenvalue weighted by Crippen LogP contribution is -2.31. The zero-order chi connectivity index (χ0) is 23.8. The Morgan fingerprint density at radius 1 is 1.09 bits per heavy atom. The molecular weight excluding hydrogens is 430 g/mol. The minimum Gasteiger partial charge on any atom is -0.497 e. The largest absolute Gasteiger partial charge is 0.497 e. The molecule has 0 amide bonds. The number of ether oxygens (including phenoxy) is 3. The molecule has 0 unspecified atom stereocenters. The molecular formula is C23H25N3O7. The number of aromatic carboxylic acids is 1. The molecule has 3 aromatic rings. The Hall–Kier alpha value is -3.92. The van der Waals surface area contributed by atoms with Crippen LogP contribution in [0.3, 0.4) is 0 Å². The van der Waals surface area contributed by atoms with Crippen molar-refractivity contribution in [1.82, 2.24) is 15.0 Å². The summed E-state index contributed by atoms with van der Waals surface area (Å²) in [6.45, 7) is 2.21. The first kappa shape index (κ1) is 23.7. The van der Waals surface area contributed by atoms with Crippen molar-refractivity contribution in [2.24, 2.45) is 0 Å². The maximum atomic E-state index is 12.3. The number of methoxy groups -OCH3 is 2. The molecule has 0 saturated carbocycles. The maximum absolute atomic E-state index is 12.3. The van der Waals surface area contributed by atoms with Gasteiger partial charge >= 0.3 is 11.9 Å². The Morgan fingerprint density at radius 2 is 1.85 bits per heavy atom. The molecule has 0 atom stereocenters. The van der Waals surface area contributed by atoms with E-state index in [1.165, 1.54) is 7.11 Å². The highest BCUT2D eigenvalue weighted by molar-refractivity contribution is 5.88. The fourth-order valence-corrected chi connectivity index (χ4v) is 3.36. The van der Waals surface area contributed by atoms with E-state index in [0.717, 1.165) is 5.56 Å². The van der Waals surface area contributed by atoms with Gasteiger partial charge in [-0.2, -0.15) is 0 Å². The van der Waals surface area contributed by atoms with Gasteiger partial charge in [-0.3, -0.25) is 14.7 Å². The molecule has 0 aliphatic carbocycles. The number of aromatic nitrogens is 2. The highest BCUT2D eigenvalue weighted by Gasteiger charge is 2.26. The normalized spacial score (nSPS) is 10.8. The van der Waals surface area contributed by atoms with Gasteiger partial charge in [-0.05, 0) is 25.1 Å². The summed E-state index contributed by atoms with van der Waals surface area (Å²) in [4.78, 5) is 29.9. The second kappa shape index (κ2) is 11.1. The van der Waals surface area contributed by atoms with Crippen LogP contribution in [0, 0.1) is 0 Å². The first-order valence-corrected chi connectivity index (χ1v) is 10.2. The second-order valence-electron chi connectivity index (χ2n) is 7.01. The van der Waals surface area contributed by atoms with Crippen molar-refractivity contribution in [1.29, 1.82) is 0 Å². The van der Waals surface area contributed by atoms with Gasteiger partial charge in [0.15, 0.2) is 0 Å². The van der Waals surface area contributed by atoms with Crippen LogP contribution < -0.4 is 9.47 Å². The molecule has 0 radical (unpaired) electrons. The topological polar surface area (TPSA) is 124 Å². The summed E-state index contributed by atoms with van der Waals surface area (Å²) < 4.78 is 21.0. The Morgan fingerprint density at radius 3 is 2.48 bits per heavy atom. The summed E-state index contributed by atoms with van der Waals surface area (Å²) in [5, 5.41) is 13.6. The number of nitrogens with zero attached hydrogens (tertiary/aromatic N) is 3. The number of benzene rings is 1. The van der Waals surface area contributed by atoms with E-state index in [1.54, 1.807) is 55.6 Å². The third-order valence-corrected chi connectivity index (χ3v) is 4.86. The zero-order valence-corrected chi connectivity index (χ0v) is 18.6. The molecule has 10 heteroatoms. The number of esters is 1. The summed E-state index contributed by atoms with van der Waals surface area (Å²) in [6, 6.07) is 8.75. The van der Waals surface area contributed by atoms with Crippen LogP contribution >= 0.6 is 0 Å². The number of pyridine rings is 1. The van der Waals surface area contributed by atoms with E-state index in [-0.39, 0.29) is 32.0 Å². The number of carboxylic acids is 1. The number of rotatable bonds is 11. The molecule has 0 spiro atoms. The third-order valence-electron chi connectivity index (χ3n) is 4.86. The average Bonchev–Trinajstić information content (AvgIpc) is 3.23. The van der Waals surface area contributed by atoms with Gasteiger partial charge < -0.3 is 23.8 Å². The van der Waals surface area contributed by atoms with Crippen LogP contribution in [0.25, 0.3) is 11.3 Å². The van der Waals surface area contributed by atoms with E-state index < -0.39 is 11.9 Å². The molecule has 1 aromatic carbocycles. The van der Waals surface area contributed by atoms with Crippen molar-refractivity contribution in [2.45, 2.75) is 20.0 Å². The van der Waals surface area contributed by atoms with E-state index in [0.29, 0.717) is 28.3 Å². The number of hydrogen-bond acceptors (Lipinski definition) is 9. The van der Waals surface area contributed by atoms with Gasteiger partial charge in [0.25, 0.3) is 0 Å². The van der Waals surface area contributed by atoms with Crippen LogP contribution in [0.15, 0.2) is 47.2 Å². The summed E-state index contributed by atoms with van der Waals surface area (Å²) in [6.07, 6.45) is 3.15. The fourth-order valence-electron chi connectivity index (χ4n) is 3.36. The van der Waals surface area contributed by atoms with Gasteiger partial charge in [0.1, 0.15) is 17.2 Å². The van der Waals surface area contributed by atoms with Crippen LogP contribution in [-0.4, -0.2) is 59.5 Å². The molecule has 0 aliphatic rings. The summed E-state index contributed by atoms with van der Waals surface area (Å²) in [5.74, 6) is -0.793. The van der Waals surface area contributed by atoms with E-state index in [4.69, 9.17) is 18.7 Å². The Labute approximate surface area is 190 Å². The van der Waals surface area contributed by atoms with Gasteiger partial charge in [0, 0.05) is 48.2 Å². The molecule has 0 aliphatic heterocycles. The monoisotopic (exact) mass is 455 g/mol. The SMILES string of the molecule is CCOC(=O)CN(Cc1ccc(OC)cc1OC)Cc1c(-c2ccncc2)noc1C(=O)O. The van der Waals surface area contributed by atoms with Gasteiger partial charge in [0.2, 0.25) is 5.76 Å². The minimum atomic E-state index is -1.25. The molecule has 10 nitrogen and oxygen atoms in total. The predicted molar refractivity (Wildman–Crippen MR) is 117 cm³/mol. The minimum absolute atomic E-state index is 0.0663. The highest BCUT2D eigenvalue weighted by atomic mass is 16.5. The first-order valence-electron chi connectivity index (χ1n) is 10.2. The van der Waals surface area contributed by atoms with Crippen molar-refractivity contribution in [3.63, 3.8) is 0 Å². The van der Waals surface area contributed by atoms with Gasteiger partial charge in [-0.25, -0.2) is 4.79 Å². The van der Waals surface area contributed by atoms with Crippen LogP contribution in [0.4, 0.5) is 0 Å². The number of carbonyl (C=O) groups is 2. The van der Waals surface area contributed by atoms with Crippen molar-refractivity contribution < 1.29 is 33.4 Å². The lowest BCUT2D eigenvalue weighted by molar-refractivity contribution is -0.144. The Balaban J connectivity index is 1.98. The van der Waals surface area contributed by atoms with Gasteiger partial charge in [-0.15, -0.1) is 0 Å². The number of carboxylic acid groups (broad SMARTS) is 1. The molecule has 0 bridgehead atoms. The molecule has 2 aromatic heterocycles. The third kappa shape index (κ3) is 5.86. The van der Waals surface area contributed by atoms with E-state index in [1.807, 2.05) is 6.07 Å². The second-order valence-corrected chi connectivity index (χ2v) is 7.01. The first-order chi connectivity index (χ1) is 16.0. The lowest BCUT2D eigenvalue weighted by Gasteiger charge is -2.23. The fraction of sp³-hybridized carbons (Fsp3) is 0.304. The molecule has 33 heavy (non-hydrogen) atoms. The molecule has 2 heterocycles. The smallest absolute Gasteiger partial charge is 0.375 e. The maximum Gasteiger partial charge on any atom is 0.375 e. The van der Waals surface area contributed by atoms with Gasteiger partial charge in [-0.1, -0.05) is 11.2 Å². The van der Waals surface area contributed by atoms with Crippen molar-refractivity contribution in [3.05, 3.63) is 59.6 Å². The van der Waals surface area contributed by atoms with Crippen molar-refractivity contribution in [2.75, 3.05) is 27.4 Å². The Kier molecular flexibility index (Phi) is 7.98. The number of carbonyl (C=O) groups excluding carboxylic acids is 1. The van der Waals surface area contributed by atoms with Crippen LogP contribution in [0.2, 0.25) is 0 Å². The van der Waals surface area contributed by atoms with Crippen LogP contribution in [-0.2, 0) is 22.6 Å². The predicted octanol–water partition coefficient (Wildman–Crippen LogP) is 3.02. The van der Waals surface area contributed by atoms with Crippen molar-refractivity contribution in [3.8, 4) is 22.8 Å². The average molecular weight is 455 g/mol. The molecule has 0 saturated heterocycles. The summed E-state index contributed by atoms with van der Waals surface area (Å²) in [5.41, 5.74) is 2.13. The highest BCUT2D eigenvalue weighted by Crippen LogP contribution is 2.29. The molecule has 174 valence electrons. The van der Waals surface area contributed by atoms with Crippen LogP contribution in [0.1, 0.15) is 28.6 Å².